The number of hydrogen-bond donors (Lipinski definition) is 0. The smallest absolute Gasteiger partial charge is 0.256 e. The first-order valence-electron chi connectivity index (χ1n) is 5.88. The van der Waals surface area contributed by atoms with E-state index in [2.05, 4.69) is 11.8 Å². The van der Waals surface area contributed by atoms with E-state index in [-0.39, 0.29) is 11.8 Å². The molecule has 88 valence electrons. The Hall–Kier alpha value is -1.16. The van der Waals surface area contributed by atoms with Crippen LogP contribution >= 0.6 is 0 Å². The van der Waals surface area contributed by atoms with Gasteiger partial charge in [-0.3, -0.25) is 14.5 Å². The van der Waals surface area contributed by atoms with Gasteiger partial charge in [0.25, 0.3) is 11.8 Å². The number of amides is 2. The van der Waals surface area contributed by atoms with Crippen molar-refractivity contribution in [3.63, 3.8) is 0 Å². The molecular formula is C12H18N2O2. The van der Waals surface area contributed by atoms with Crippen LogP contribution in [0, 0.1) is 5.92 Å². The molecule has 0 aliphatic carbocycles. The predicted octanol–water partition coefficient (Wildman–Crippen LogP) is 0.643. The van der Waals surface area contributed by atoms with Crippen LogP contribution in [0.3, 0.4) is 0 Å². The molecule has 0 aromatic rings. The van der Waals surface area contributed by atoms with E-state index in [1.165, 1.54) is 11.0 Å². The second-order valence-corrected chi connectivity index (χ2v) is 4.63. The Bertz CT molecular complexity index is 349. The molecule has 0 aromatic carbocycles. The number of nitrogens with zero attached hydrogens (tertiary/aromatic N) is 2. The van der Waals surface area contributed by atoms with Gasteiger partial charge in [0.1, 0.15) is 0 Å². The van der Waals surface area contributed by atoms with Gasteiger partial charge >= 0.3 is 0 Å². The predicted molar refractivity (Wildman–Crippen MR) is 60.7 cm³/mol. The summed E-state index contributed by atoms with van der Waals surface area (Å²) in [4.78, 5) is 27.0. The molecule has 0 N–H and O–H groups in total. The summed E-state index contributed by atoms with van der Waals surface area (Å²) in [7, 11) is 0. The quantitative estimate of drug-likeness (QED) is 0.658. The van der Waals surface area contributed by atoms with Gasteiger partial charge in [0.2, 0.25) is 0 Å². The van der Waals surface area contributed by atoms with Crippen molar-refractivity contribution in [1.29, 1.82) is 0 Å². The maximum absolute atomic E-state index is 11.7. The van der Waals surface area contributed by atoms with Crippen LogP contribution in [0.4, 0.5) is 0 Å². The van der Waals surface area contributed by atoms with Gasteiger partial charge in [0, 0.05) is 24.7 Å². The van der Waals surface area contributed by atoms with Gasteiger partial charge < -0.3 is 4.90 Å². The maximum atomic E-state index is 11.7. The Balaban J connectivity index is 1.92. The van der Waals surface area contributed by atoms with Crippen LogP contribution in [0.2, 0.25) is 0 Å². The minimum atomic E-state index is -0.141. The van der Waals surface area contributed by atoms with E-state index in [0.29, 0.717) is 18.0 Å². The van der Waals surface area contributed by atoms with Crippen molar-refractivity contribution in [3.8, 4) is 0 Å². The van der Waals surface area contributed by atoms with Crippen LogP contribution in [0.25, 0.3) is 0 Å². The molecule has 4 nitrogen and oxygen atoms in total. The summed E-state index contributed by atoms with van der Waals surface area (Å²) >= 11 is 0. The van der Waals surface area contributed by atoms with E-state index in [0.717, 1.165) is 26.1 Å². The highest BCUT2D eigenvalue weighted by Gasteiger charge is 2.32. The van der Waals surface area contributed by atoms with Crippen molar-refractivity contribution in [3.05, 3.63) is 11.6 Å². The monoisotopic (exact) mass is 222 g/mol. The van der Waals surface area contributed by atoms with Gasteiger partial charge in [-0.25, -0.2) is 0 Å². The largest absolute Gasteiger partial charge is 0.303 e. The summed E-state index contributed by atoms with van der Waals surface area (Å²) in [5.41, 5.74) is 0.565. The molecule has 0 saturated carbocycles. The van der Waals surface area contributed by atoms with Crippen LogP contribution < -0.4 is 0 Å². The third-order valence-corrected chi connectivity index (χ3v) is 3.45. The van der Waals surface area contributed by atoms with Crippen LogP contribution in [-0.2, 0) is 9.59 Å². The zero-order valence-electron chi connectivity index (χ0n) is 9.90. The lowest BCUT2D eigenvalue weighted by Gasteiger charge is -2.19. The number of imide groups is 1. The topological polar surface area (TPSA) is 40.6 Å². The molecule has 2 aliphatic rings. The molecule has 2 heterocycles. The highest BCUT2D eigenvalue weighted by Crippen LogP contribution is 2.20. The van der Waals surface area contributed by atoms with Gasteiger partial charge in [0.05, 0.1) is 0 Å². The highest BCUT2D eigenvalue weighted by molar-refractivity contribution is 6.15. The number of rotatable bonds is 3. The van der Waals surface area contributed by atoms with Crippen LogP contribution in [-0.4, -0.2) is 47.8 Å². The van der Waals surface area contributed by atoms with Crippen molar-refractivity contribution in [2.45, 2.75) is 20.3 Å². The average molecular weight is 222 g/mol. The number of carbonyl (C=O) groups excluding carboxylic acids is 2. The second-order valence-electron chi connectivity index (χ2n) is 4.63. The normalized spacial score (nSPS) is 26.8. The van der Waals surface area contributed by atoms with Gasteiger partial charge in [-0.05, 0) is 32.4 Å². The van der Waals surface area contributed by atoms with Crippen LogP contribution in [0.5, 0.6) is 0 Å². The molecule has 1 fully saturated rings. The summed E-state index contributed by atoms with van der Waals surface area (Å²) < 4.78 is 0. The van der Waals surface area contributed by atoms with E-state index >= 15 is 0 Å². The fraction of sp³-hybridized carbons (Fsp3) is 0.667. The van der Waals surface area contributed by atoms with Gasteiger partial charge in [-0.2, -0.15) is 0 Å². The Morgan fingerprint density at radius 1 is 1.44 bits per heavy atom. The lowest BCUT2D eigenvalue weighted by molar-refractivity contribution is -0.137. The van der Waals surface area contributed by atoms with Gasteiger partial charge in [-0.1, -0.05) is 6.92 Å². The average Bonchev–Trinajstić information content (AvgIpc) is 2.80. The van der Waals surface area contributed by atoms with Gasteiger partial charge in [-0.15, -0.1) is 0 Å². The van der Waals surface area contributed by atoms with E-state index in [1.54, 1.807) is 6.92 Å². The van der Waals surface area contributed by atoms with E-state index in [1.807, 2.05) is 0 Å². The summed E-state index contributed by atoms with van der Waals surface area (Å²) in [6.45, 7) is 7.57. The van der Waals surface area contributed by atoms with Crippen molar-refractivity contribution in [2.24, 2.45) is 5.92 Å². The van der Waals surface area contributed by atoms with E-state index < -0.39 is 0 Å². The summed E-state index contributed by atoms with van der Waals surface area (Å²) in [6.07, 6.45) is 2.53. The molecule has 2 rings (SSSR count). The first-order valence-corrected chi connectivity index (χ1v) is 5.88. The molecule has 1 unspecified atom stereocenters. The van der Waals surface area contributed by atoms with Crippen molar-refractivity contribution in [1.82, 2.24) is 9.80 Å². The summed E-state index contributed by atoms with van der Waals surface area (Å²) in [6, 6.07) is 0. The lowest BCUT2D eigenvalue weighted by atomic mass is 10.1. The fourth-order valence-electron chi connectivity index (χ4n) is 2.42. The molecule has 0 bridgehead atoms. The number of carbonyl (C=O) groups is 2. The molecule has 0 radical (unpaired) electrons. The first kappa shape index (κ1) is 11.3. The summed E-state index contributed by atoms with van der Waals surface area (Å²) in [5.74, 6) is 0.199. The zero-order valence-corrected chi connectivity index (χ0v) is 9.90. The van der Waals surface area contributed by atoms with E-state index in [4.69, 9.17) is 0 Å². The van der Waals surface area contributed by atoms with Crippen molar-refractivity contribution < 1.29 is 9.59 Å². The maximum Gasteiger partial charge on any atom is 0.256 e. The molecule has 0 spiro atoms. The van der Waals surface area contributed by atoms with Crippen LogP contribution in [0.15, 0.2) is 11.6 Å². The molecule has 1 atom stereocenters. The Morgan fingerprint density at radius 2 is 2.19 bits per heavy atom. The van der Waals surface area contributed by atoms with Crippen LogP contribution in [0.1, 0.15) is 20.3 Å². The fourth-order valence-corrected chi connectivity index (χ4v) is 2.42. The Morgan fingerprint density at radius 3 is 2.69 bits per heavy atom. The molecule has 0 aromatic heterocycles. The standard InChI is InChI=1S/C12H18N2O2/c1-3-13-5-4-10(7-13)8-14-11(15)6-9(2)12(14)16/h6,10H,3-5,7-8H2,1-2H3. The highest BCUT2D eigenvalue weighted by atomic mass is 16.2. The molecule has 2 aliphatic heterocycles. The third kappa shape index (κ3) is 2.02. The molecule has 4 heteroatoms. The zero-order chi connectivity index (χ0) is 11.7. The number of likely N-dealkylation sites (tertiary alicyclic amines) is 1. The minimum Gasteiger partial charge on any atom is -0.303 e. The lowest BCUT2D eigenvalue weighted by Crippen LogP contribution is -2.36. The number of hydrogen-bond acceptors (Lipinski definition) is 3. The molecule has 1 saturated heterocycles. The minimum absolute atomic E-state index is 0.111. The van der Waals surface area contributed by atoms with E-state index in [9.17, 15) is 9.59 Å². The Labute approximate surface area is 95.9 Å². The Kier molecular flexibility index (Phi) is 3.10. The van der Waals surface area contributed by atoms with Crippen molar-refractivity contribution in [2.75, 3.05) is 26.2 Å². The van der Waals surface area contributed by atoms with Gasteiger partial charge in [0.15, 0.2) is 0 Å². The van der Waals surface area contributed by atoms with Crippen molar-refractivity contribution >= 4 is 11.8 Å². The SMILES string of the molecule is CCN1CCC(CN2C(=O)C=C(C)C2=O)C1. The summed E-state index contributed by atoms with van der Waals surface area (Å²) in [5, 5.41) is 0. The first-order chi connectivity index (χ1) is 7.61. The molecule has 16 heavy (non-hydrogen) atoms. The molecular weight excluding hydrogens is 204 g/mol. The third-order valence-electron chi connectivity index (χ3n) is 3.45. The second kappa shape index (κ2) is 4.37. The molecule has 2 amide bonds.